The van der Waals surface area contributed by atoms with E-state index in [1.807, 2.05) is 24.3 Å². The molecule has 1 aliphatic rings. The third-order valence-corrected chi connectivity index (χ3v) is 7.37. The van der Waals surface area contributed by atoms with Crippen LogP contribution in [-0.4, -0.2) is 46.9 Å². The van der Waals surface area contributed by atoms with Crippen LogP contribution in [0.5, 0.6) is 11.5 Å². The van der Waals surface area contributed by atoms with E-state index in [-0.39, 0.29) is 24.1 Å². The van der Waals surface area contributed by atoms with Gasteiger partial charge in [-0.1, -0.05) is 18.2 Å². The van der Waals surface area contributed by atoms with Gasteiger partial charge in [0.25, 0.3) is 0 Å². The van der Waals surface area contributed by atoms with Gasteiger partial charge in [-0.25, -0.2) is 13.1 Å². The highest BCUT2D eigenvalue weighted by atomic mass is 32.2. The Morgan fingerprint density at radius 1 is 1.06 bits per heavy atom. The second-order valence-electron chi connectivity index (χ2n) is 7.90. The summed E-state index contributed by atoms with van der Waals surface area (Å²) in [6, 6.07) is 13.6. The summed E-state index contributed by atoms with van der Waals surface area (Å²) in [4.78, 5) is 0.222. The number of hydrogen-bond acceptors (Lipinski definition) is 6. The maximum atomic E-state index is 12.2. The van der Waals surface area contributed by atoms with Gasteiger partial charge in [-0.05, 0) is 67.5 Å². The van der Waals surface area contributed by atoms with Gasteiger partial charge >= 0.3 is 0 Å². The second kappa shape index (κ2) is 10.5. The van der Waals surface area contributed by atoms with Crippen LogP contribution in [0.1, 0.15) is 49.3 Å². The molecule has 0 bridgehead atoms. The van der Waals surface area contributed by atoms with Crippen molar-refractivity contribution in [2.24, 2.45) is 0 Å². The molecule has 2 aromatic carbocycles. The number of nitrogens with one attached hydrogen (secondary N) is 2. The Labute approximate surface area is 184 Å². The summed E-state index contributed by atoms with van der Waals surface area (Å²) in [5.74, 6) is 1.84. The van der Waals surface area contributed by atoms with Crippen molar-refractivity contribution in [3.05, 3.63) is 53.6 Å². The van der Waals surface area contributed by atoms with E-state index in [9.17, 15) is 8.42 Å². The lowest BCUT2D eigenvalue weighted by Crippen LogP contribution is -2.29. The van der Waals surface area contributed by atoms with E-state index in [0.717, 1.165) is 41.9 Å². The highest BCUT2D eigenvalue weighted by molar-refractivity contribution is 7.89. The zero-order chi connectivity index (χ0) is 22.4. The summed E-state index contributed by atoms with van der Waals surface area (Å²) in [5, 5.41) is 12.5. The standard InChI is InChI=1S/C23H32N2O5S/c1-16(18-7-11-22(29-2)23(15-18)30-3)25-20-8-4-19(14-20)17-5-9-21(10-6-17)31(27,28)24-12-13-26/h5-7,9-11,15-16,19-20,24-26H,4,8,12-14H2,1-3H3/t16-,19+,20?/m1/s1. The molecule has 3 N–H and O–H groups in total. The largest absolute Gasteiger partial charge is 0.493 e. The molecular weight excluding hydrogens is 416 g/mol. The van der Waals surface area contributed by atoms with Gasteiger partial charge in [-0.3, -0.25) is 0 Å². The van der Waals surface area contributed by atoms with Gasteiger partial charge < -0.3 is 19.9 Å². The molecule has 2 aromatic rings. The van der Waals surface area contributed by atoms with Gasteiger partial charge in [0.15, 0.2) is 11.5 Å². The number of ether oxygens (including phenoxy) is 2. The molecule has 8 heteroatoms. The van der Waals surface area contributed by atoms with Crippen LogP contribution in [0.3, 0.4) is 0 Å². The minimum Gasteiger partial charge on any atom is -0.493 e. The van der Waals surface area contributed by atoms with Crippen molar-refractivity contribution < 1.29 is 23.0 Å². The first-order valence-electron chi connectivity index (χ1n) is 10.6. The lowest BCUT2D eigenvalue weighted by Gasteiger charge is -2.21. The number of sulfonamides is 1. The number of aliphatic hydroxyl groups is 1. The van der Waals surface area contributed by atoms with Gasteiger partial charge in [-0.2, -0.15) is 0 Å². The molecule has 3 atom stereocenters. The van der Waals surface area contributed by atoms with Crippen LogP contribution < -0.4 is 19.5 Å². The van der Waals surface area contributed by atoms with Crippen LogP contribution in [0.25, 0.3) is 0 Å². The topological polar surface area (TPSA) is 96.9 Å². The van der Waals surface area contributed by atoms with Crippen molar-refractivity contribution in [1.29, 1.82) is 0 Å². The molecule has 0 saturated heterocycles. The monoisotopic (exact) mass is 448 g/mol. The number of benzene rings is 2. The van der Waals surface area contributed by atoms with Gasteiger partial charge in [0.2, 0.25) is 10.0 Å². The summed E-state index contributed by atoms with van der Waals surface area (Å²) >= 11 is 0. The Hall–Kier alpha value is -2.13. The average molecular weight is 449 g/mol. The van der Waals surface area contributed by atoms with Crippen LogP contribution in [0.15, 0.2) is 47.4 Å². The quantitative estimate of drug-likeness (QED) is 0.517. The molecule has 31 heavy (non-hydrogen) atoms. The van der Waals surface area contributed by atoms with Crippen LogP contribution in [0.2, 0.25) is 0 Å². The minimum atomic E-state index is -3.57. The van der Waals surface area contributed by atoms with Gasteiger partial charge in [0.1, 0.15) is 0 Å². The smallest absolute Gasteiger partial charge is 0.240 e. The van der Waals surface area contributed by atoms with E-state index in [2.05, 4.69) is 23.0 Å². The first-order chi connectivity index (χ1) is 14.9. The summed E-state index contributed by atoms with van der Waals surface area (Å²) in [5.41, 5.74) is 2.30. The average Bonchev–Trinajstić information content (AvgIpc) is 3.25. The lowest BCUT2D eigenvalue weighted by atomic mass is 9.97. The molecule has 0 spiro atoms. The maximum Gasteiger partial charge on any atom is 0.240 e. The Morgan fingerprint density at radius 3 is 2.42 bits per heavy atom. The summed E-state index contributed by atoms with van der Waals surface area (Å²) in [6.45, 7) is 1.93. The summed E-state index contributed by atoms with van der Waals surface area (Å²) in [6.07, 6.45) is 3.14. The van der Waals surface area contributed by atoms with E-state index in [4.69, 9.17) is 14.6 Å². The molecule has 1 saturated carbocycles. The van der Waals surface area contributed by atoms with Crippen LogP contribution in [-0.2, 0) is 10.0 Å². The Bertz CT molecular complexity index is 962. The van der Waals surface area contributed by atoms with E-state index in [0.29, 0.717) is 12.0 Å². The molecule has 7 nitrogen and oxygen atoms in total. The van der Waals surface area contributed by atoms with Crippen molar-refractivity contribution >= 4 is 10.0 Å². The van der Waals surface area contributed by atoms with E-state index < -0.39 is 10.0 Å². The number of rotatable bonds is 10. The van der Waals surface area contributed by atoms with Gasteiger partial charge in [-0.15, -0.1) is 0 Å². The fourth-order valence-electron chi connectivity index (χ4n) is 4.19. The maximum absolute atomic E-state index is 12.2. The van der Waals surface area contributed by atoms with Gasteiger partial charge in [0, 0.05) is 18.6 Å². The molecule has 0 radical (unpaired) electrons. The third kappa shape index (κ3) is 5.77. The second-order valence-corrected chi connectivity index (χ2v) is 9.67. The van der Waals surface area contributed by atoms with Crippen molar-refractivity contribution in [2.75, 3.05) is 27.4 Å². The number of aliphatic hydroxyl groups excluding tert-OH is 1. The van der Waals surface area contributed by atoms with E-state index >= 15 is 0 Å². The van der Waals surface area contributed by atoms with Crippen molar-refractivity contribution in [3.8, 4) is 11.5 Å². The highest BCUT2D eigenvalue weighted by Gasteiger charge is 2.27. The normalized spacial score (nSPS) is 19.9. The fourth-order valence-corrected chi connectivity index (χ4v) is 5.21. The molecule has 3 rings (SSSR count). The number of hydrogen-bond donors (Lipinski definition) is 3. The Morgan fingerprint density at radius 2 is 1.77 bits per heavy atom. The Balaban J connectivity index is 1.60. The summed E-state index contributed by atoms with van der Waals surface area (Å²) < 4.78 is 37.4. The molecule has 0 heterocycles. The van der Waals surface area contributed by atoms with Crippen molar-refractivity contribution in [3.63, 3.8) is 0 Å². The first kappa shape index (κ1) is 23.5. The van der Waals surface area contributed by atoms with Crippen LogP contribution >= 0.6 is 0 Å². The molecule has 0 amide bonds. The zero-order valence-electron chi connectivity index (χ0n) is 18.3. The number of methoxy groups -OCH3 is 2. The highest BCUT2D eigenvalue weighted by Crippen LogP contribution is 2.36. The minimum absolute atomic E-state index is 0.0122. The zero-order valence-corrected chi connectivity index (χ0v) is 19.1. The summed E-state index contributed by atoms with van der Waals surface area (Å²) in [7, 11) is -0.303. The van der Waals surface area contributed by atoms with Crippen LogP contribution in [0.4, 0.5) is 0 Å². The van der Waals surface area contributed by atoms with E-state index in [1.54, 1.807) is 26.4 Å². The van der Waals surface area contributed by atoms with Crippen LogP contribution in [0, 0.1) is 0 Å². The van der Waals surface area contributed by atoms with Gasteiger partial charge in [0.05, 0.1) is 25.7 Å². The predicted octanol–water partition coefficient (Wildman–Crippen LogP) is 2.96. The SMILES string of the molecule is COc1ccc([C@@H](C)NC2CC[C@H](c3ccc(S(=O)(=O)NCCO)cc3)C2)cc1OC. The Kier molecular flexibility index (Phi) is 7.94. The fraction of sp³-hybridized carbons (Fsp3) is 0.478. The molecule has 0 aliphatic heterocycles. The third-order valence-electron chi connectivity index (χ3n) is 5.89. The van der Waals surface area contributed by atoms with Crippen molar-refractivity contribution in [1.82, 2.24) is 10.0 Å². The molecule has 1 unspecified atom stereocenters. The molecule has 1 fully saturated rings. The van der Waals surface area contributed by atoms with E-state index in [1.165, 1.54) is 0 Å². The van der Waals surface area contributed by atoms with Crippen molar-refractivity contribution in [2.45, 2.75) is 49.1 Å². The molecule has 170 valence electrons. The first-order valence-corrected chi connectivity index (χ1v) is 12.0. The molecule has 1 aliphatic carbocycles. The molecule has 0 aromatic heterocycles. The lowest BCUT2D eigenvalue weighted by molar-refractivity contribution is 0.301. The molecular formula is C23H32N2O5S. The predicted molar refractivity (Wildman–Crippen MR) is 120 cm³/mol.